The zero-order valence-electron chi connectivity index (χ0n) is 9.14. The fraction of sp³-hybridized carbons (Fsp3) is 0.455. The lowest BCUT2D eigenvalue weighted by Gasteiger charge is -2.05. The number of nitrogens with one attached hydrogen (secondary N) is 1. The van der Waals surface area contributed by atoms with E-state index in [2.05, 4.69) is 5.32 Å². The Morgan fingerprint density at radius 3 is 2.94 bits per heavy atom. The van der Waals surface area contributed by atoms with Gasteiger partial charge in [0.15, 0.2) is 6.61 Å². The Bertz CT molecular complexity index is 463. The highest BCUT2D eigenvalue weighted by Crippen LogP contribution is 2.18. The standard InChI is InChI=1S/C11H13NO5/c13-4-8-3-9(14)10(5-16-8)17-6-11(15)12-7-1-2-7/h3,5,7,13H,1-2,4,6H2,(H,12,15). The van der Waals surface area contributed by atoms with E-state index in [-0.39, 0.29) is 36.7 Å². The van der Waals surface area contributed by atoms with E-state index < -0.39 is 5.43 Å². The quantitative estimate of drug-likeness (QED) is 0.742. The van der Waals surface area contributed by atoms with Gasteiger partial charge in [0.05, 0.1) is 0 Å². The summed E-state index contributed by atoms with van der Waals surface area (Å²) in [6, 6.07) is 1.40. The molecular formula is C11H13NO5. The van der Waals surface area contributed by atoms with Crippen molar-refractivity contribution in [3.8, 4) is 5.75 Å². The third-order valence-corrected chi connectivity index (χ3v) is 2.31. The molecular weight excluding hydrogens is 226 g/mol. The van der Waals surface area contributed by atoms with Crippen molar-refractivity contribution in [3.05, 3.63) is 28.3 Å². The van der Waals surface area contributed by atoms with Crippen LogP contribution in [0.5, 0.6) is 5.75 Å². The maximum atomic E-state index is 11.4. The molecule has 0 radical (unpaired) electrons. The lowest BCUT2D eigenvalue weighted by molar-refractivity contribution is -0.123. The molecule has 1 saturated carbocycles. The Balaban J connectivity index is 1.89. The molecule has 0 aliphatic heterocycles. The number of aliphatic hydroxyl groups is 1. The van der Waals surface area contributed by atoms with Gasteiger partial charge in [0.1, 0.15) is 18.6 Å². The monoisotopic (exact) mass is 239 g/mol. The minimum atomic E-state index is -0.417. The number of hydrogen-bond donors (Lipinski definition) is 2. The van der Waals surface area contributed by atoms with Crippen LogP contribution < -0.4 is 15.5 Å². The number of hydrogen-bond acceptors (Lipinski definition) is 5. The normalized spacial score (nSPS) is 14.4. The van der Waals surface area contributed by atoms with Gasteiger partial charge in [-0.1, -0.05) is 0 Å². The molecule has 1 aliphatic rings. The summed E-state index contributed by atoms with van der Waals surface area (Å²) in [6.45, 7) is -0.558. The summed E-state index contributed by atoms with van der Waals surface area (Å²) in [6.07, 6.45) is 3.09. The summed E-state index contributed by atoms with van der Waals surface area (Å²) >= 11 is 0. The number of carbonyl (C=O) groups excluding carboxylic acids is 1. The lowest BCUT2D eigenvalue weighted by atomic mass is 10.4. The van der Waals surface area contributed by atoms with Crippen LogP contribution in [0.15, 0.2) is 21.5 Å². The highest BCUT2D eigenvalue weighted by molar-refractivity contribution is 5.78. The molecule has 6 nitrogen and oxygen atoms in total. The van der Waals surface area contributed by atoms with Crippen LogP contribution in [-0.2, 0) is 11.4 Å². The molecule has 0 saturated heterocycles. The van der Waals surface area contributed by atoms with Crippen molar-refractivity contribution >= 4 is 5.91 Å². The number of amides is 1. The van der Waals surface area contributed by atoms with Gasteiger partial charge in [0.2, 0.25) is 11.2 Å². The van der Waals surface area contributed by atoms with Crippen molar-refractivity contribution in [1.29, 1.82) is 0 Å². The van der Waals surface area contributed by atoms with Gasteiger partial charge in [-0.2, -0.15) is 0 Å². The van der Waals surface area contributed by atoms with Gasteiger partial charge in [-0.05, 0) is 12.8 Å². The van der Waals surface area contributed by atoms with Crippen LogP contribution in [0, 0.1) is 0 Å². The Kier molecular flexibility index (Phi) is 3.43. The molecule has 0 spiro atoms. The summed E-state index contributed by atoms with van der Waals surface area (Å²) in [5.74, 6) is -0.129. The van der Waals surface area contributed by atoms with Crippen molar-refractivity contribution < 1.29 is 19.1 Å². The maximum absolute atomic E-state index is 11.4. The Morgan fingerprint density at radius 1 is 1.59 bits per heavy atom. The Morgan fingerprint density at radius 2 is 2.35 bits per heavy atom. The van der Waals surface area contributed by atoms with E-state index in [0.717, 1.165) is 25.2 Å². The molecule has 1 aromatic rings. The predicted molar refractivity (Wildman–Crippen MR) is 57.6 cm³/mol. The summed E-state index contributed by atoms with van der Waals surface area (Å²) in [4.78, 5) is 22.7. The number of rotatable bonds is 5. The van der Waals surface area contributed by atoms with Gasteiger partial charge in [0, 0.05) is 12.1 Å². The smallest absolute Gasteiger partial charge is 0.258 e. The van der Waals surface area contributed by atoms with Crippen molar-refractivity contribution in [2.24, 2.45) is 0 Å². The van der Waals surface area contributed by atoms with E-state index >= 15 is 0 Å². The largest absolute Gasteiger partial charge is 0.477 e. The molecule has 2 rings (SSSR count). The molecule has 1 aliphatic carbocycles. The van der Waals surface area contributed by atoms with Crippen molar-refractivity contribution in [1.82, 2.24) is 5.32 Å². The van der Waals surface area contributed by atoms with Crippen LogP contribution in [0.1, 0.15) is 18.6 Å². The van der Waals surface area contributed by atoms with Gasteiger partial charge in [-0.15, -0.1) is 0 Å². The van der Waals surface area contributed by atoms with Crippen LogP contribution in [0.2, 0.25) is 0 Å². The molecule has 0 atom stereocenters. The molecule has 17 heavy (non-hydrogen) atoms. The second-order valence-electron chi connectivity index (χ2n) is 3.86. The van der Waals surface area contributed by atoms with Crippen LogP contribution in [0.3, 0.4) is 0 Å². The van der Waals surface area contributed by atoms with Crippen molar-refractivity contribution in [3.63, 3.8) is 0 Å². The molecule has 92 valence electrons. The molecule has 1 aromatic heterocycles. The van der Waals surface area contributed by atoms with E-state index in [1.54, 1.807) is 0 Å². The van der Waals surface area contributed by atoms with E-state index in [1.807, 2.05) is 0 Å². The number of carbonyl (C=O) groups is 1. The average molecular weight is 239 g/mol. The first-order valence-electron chi connectivity index (χ1n) is 5.34. The summed E-state index contributed by atoms with van der Waals surface area (Å²) in [7, 11) is 0. The fourth-order valence-electron chi connectivity index (χ4n) is 1.27. The molecule has 2 N–H and O–H groups in total. The molecule has 0 bridgehead atoms. The zero-order valence-corrected chi connectivity index (χ0v) is 9.14. The zero-order chi connectivity index (χ0) is 12.3. The van der Waals surface area contributed by atoms with Crippen LogP contribution >= 0.6 is 0 Å². The first kappa shape index (κ1) is 11.7. The van der Waals surface area contributed by atoms with E-state index in [9.17, 15) is 9.59 Å². The highest BCUT2D eigenvalue weighted by atomic mass is 16.5. The summed E-state index contributed by atoms with van der Waals surface area (Å²) < 4.78 is 9.93. The van der Waals surface area contributed by atoms with Gasteiger partial charge in [0.25, 0.3) is 5.91 Å². The molecule has 0 aromatic carbocycles. The summed E-state index contributed by atoms with van der Waals surface area (Å²) in [5.41, 5.74) is -0.417. The third-order valence-electron chi connectivity index (χ3n) is 2.31. The maximum Gasteiger partial charge on any atom is 0.258 e. The van der Waals surface area contributed by atoms with Crippen LogP contribution in [-0.4, -0.2) is 23.7 Å². The van der Waals surface area contributed by atoms with Crippen molar-refractivity contribution in [2.75, 3.05) is 6.61 Å². The van der Waals surface area contributed by atoms with E-state index in [4.69, 9.17) is 14.3 Å². The second kappa shape index (κ2) is 5.01. The molecule has 1 amide bonds. The first-order valence-corrected chi connectivity index (χ1v) is 5.34. The topological polar surface area (TPSA) is 88.8 Å². The Hall–Kier alpha value is -1.82. The molecule has 1 heterocycles. The predicted octanol–water partition coefficient (Wildman–Crippen LogP) is -0.211. The average Bonchev–Trinajstić information content (AvgIpc) is 3.11. The number of ether oxygens (including phenoxy) is 1. The van der Waals surface area contributed by atoms with E-state index in [0.29, 0.717) is 0 Å². The molecule has 0 unspecified atom stereocenters. The van der Waals surface area contributed by atoms with Crippen LogP contribution in [0.4, 0.5) is 0 Å². The van der Waals surface area contributed by atoms with Crippen molar-refractivity contribution in [2.45, 2.75) is 25.5 Å². The minimum absolute atomic E-state index is 0.0341. The van der Waals surface area contributed by atoms with Crippen LogP contribution in [0.25, 0.3) is 0 Å². The third kappa shape index (κ3) is 3.32. The SMILES string of the molecule is O=C(COc1coc(CO)cc1=O)NC1CC1. The van der Waals surface area contributed by atoms with Gasteiger partial charge in [-0.3, -0.25) is 9.59 Å². The Labute approximate surface area is 97.2 Å². The van der Waals surface area contributed by atoms with Gasteiger partial charge >= 0.3 is 0 Å². The highest BCUT2D eigenvalue weighted by Gasteiger charge is 2.23. The van der Waals surface area contributed by atoms with Gasteiger partial charge < -0.3 is 19.6 Å². The second-order valence-corrected chi connectivity index (χ2v) is 3.86. The molecule has 6 heteroatoms. The van der Waals surface area contributed by atoms with Gasteiger partial charge in [-0.25, -0.2) is 0 Å². The first-order chi connectivity index (χ1) is 8.19. The summed E-state index contributed by atoms with van der Waals surface area (Å²) in [5, 5.41) is 11.5. The molecule has 1 fully saturated rings. The number of aliphatic hydroxyl groups excluding tert-OH is 1. The van der Waals surface area contributed by atoms with E-state index in [1.165, 1.54) is 0 Å². The fourth-order valence-corrected chi connectivity index (χ4v) is 1.27. The lowest BCUT2D eigenvalue weighted by Crippen LogP contribution is -2.31. The minimum Gasteiger partial charge on any atom is -0.477 e.